The Balaban J connectivity index is 1.39. The summed E-state index contributed by atoms with van der Waals surface area (Å²) in [6.45, 7) is 0. The quantitative estimate of drug-likeness (QED) is 0.834. The Hall–Kier alpha value is -2.04. The summed E-state index contributed by atoms with van der Waals surface area (Å²) in [5.74, 6) is 2.03. The van der Waals surface area contributed by atoms with Crippen LogP contribution in [0.4, 0.5) is 10.5 Å². The first-order chi connectivity index (χ1) is 11.5. The molecule has 5 rings (SSSR count). The molecule has 2 amide bonds. The van der Waals surface area contributed by atoms with E-state index in [4.69, 9.17) is 0 Å². The highest BCUT2D eigenvalue weighted by Gasteiger charge is 2.51. The third-order valence-corrected chi connectivity index (χ3v) is 5.98. The number of hydrogen-bond acceptors (Lipinski definition) is 3. The van der Waals surface area contributed by atoms with E-state index in [1.807, 2.05) is 0 Å². The Morgan fingerprint density at radius 1 is 1.00 bits per heavy atom. The van der Waals surface area contributed by atoms with Crippen molar-refractivity contribution in [3.05, 3.63) is 29.8 Å². The monoisotopic (exact) mass is 328 g/mol. The number of amides is 2. The van der Waals surface area contributed by atoms with Gasteiger partial charge in [0, 0.05) is 11.2 Å². The predicted molar refractivity (Wildman–Crippen MR) is 90.8 cm³/mol. The summed E-state index contributed by atoms with van der Waals surface area (Å²) in [5, 5.41) is 6.18. The molecule has 0 atom stereocenters. The molecule has 1 aromatic carbocycles. The van der Waals surface area contributed by atoms with Crippen molar-refractivity contribution >= 4 is 17.7 Å². The first kappa shape index (κ1) is 15.5. The number of carbonyl (C=O) groups excluding carboxylic acids is 2. The second-order valence-corrected chi connectivity index (χ2v) is 7.85. The molecule has 0 radical (unpaired) electrons. The van der Waals surface area contributed by atoms with Gasteiger partial charge in [-0.3, -0.25) is 0 Å². The van der Waals surface area contributed by atoms with E-state index in [0.717, 1.165) is 37.0 Å². The van der Waals surface area contributed by atoms with E-state index in [-0.39, 0.29) is 17.5 Å². The highest BCUT2D eigenvalue weighted by molar-refractivity contribution is 5.92. The zero-order chi connectivity index (χ0) is 16.7. The molecule has 0 unspecified atom stereocenters. The average molecular weight is 328 g/mol. The van der Waals surface area contributed by atoms with Crippen molar-refractivity contribution in [1.82, 2.24) is 5.32 Å². The molecule has 0 spiro atoms. The van der Waals surface area contributed by atoms with Crippen LogP contribution in [0.5, 0.6) is 0 Å². The van der Waals surface area contributed by atoms with Crippen LogP contribution >= 0.6 is 0 Å². The Kier molecular flexibility index (Phi) is 3.74. The molecule has 4 saturated carbocycles. The van der Waals surface area contributed by atoms with E-state index in [9.17, 15) is 9.59 Å². The molecular formula is C19H24N2O3. The maximum absolute atomic E-state index is 12.5. The van der Waals surface area contributed by atoms with Crippen LogP contribution in [0.1, 0.15) is 48.9 Å². The van der Waals surface area contributed by atoms with Crippen molar-refractivity contribution in [1.29, 1.82) is 0 Å². The molecule has 4 fully saturated rings. The fourth-order valence-electron chi connectivity index (χ4n) is 5.47. The third kappa shape index (κ3) is 2.87. The minimum atomic E-state index is -0.375. The molecule has 4 aliphatic rings. The van der Waals surface area contributed by atoms with Crippen molar-refractivity contribution in [2.24, 2.45) is 17.8 Å². The van der Waals surface area contributed by atoms with Gasteiger partial charge >= 0.3 is 12.0 Å². The number of ether oxygens (including phenoxy) is 1. The summed E-state index contributed by atoms with van der Waals surface area (Å²) in [6.07, 6.45) is 7.47. The highest BCUT2D eigenvalue weighted by atomic mass is 16.5. The van der Waals surface area contributed by atoms with E-state index < -0.39 is 0 Å². The minimum absolute atomic E-state index is 0.00475. The van der Waals surface area contributed by atoms with Crippen LogP contribution in [-0.4, -0.2) is 24.6 Å². The fourth-order valence-corrected chi connectivity index (χ4v) is 5.47. The third-order valence-electron chi connectivity index (χ3n) is 5.98. The zero-order valence-electron chi connectivity index (χ0n) is 14.0. The number of esters is 1. The molecule has 2 N–H and O–H groups in total. The van der Waals surface area contributed by atoms with E-state index in [1.165, 1.54) is 26.4 Å². The average Bonchev–Trinajstić information content (AvgIpc) is 2.53. The van der Waals surface area contributed by atoms with Crippen LogP contribution in [0, 0.1) is 17.8 Å². The summed E-state index contributed by atoms with van der Waals surface area (Å²) >= 11 is 0. The first-order valence-electron chi connectivity index (χ1n) is 8.83. The van der Waals surface area contributed by atoms with Crippen LogP contribution in [-0.2, 0) is 4.74 Å². The predicted octanol–water partition coefficient (Wildman–Crippen LogP) is 3.56. The van der Waals surface area contributed by atoms with Crippen LogP contribution in [0.25, 0.3) is 0 Å². The molecule has 128 valence electrons. The molecule has 4 aliphatic carbocycles. The lowest BCUT2D eigenvalue weighted by Crippen LogP contribution is -2.60. The number of benzene rings is 1. The van der Waals surface area contributed by atoms with Gasteiger partial charge in [-0.25, -0.2) is 9.59 Å². The lowest BCUT2D eigenvalue weighted by atomic mass is 9.53. The highest BCUT2D eigenvalue weighted by Crippen LogP contribution is 2.55. The van der Waals surface area contributed by atoms with Crippen molar-refractivity contribution in [3.63, 3.8) is 0 Å². The zero-order valence-corrected chi connectivity index (χ0v) is 14.0. The number of urea groups is 1. The molecule has 5 heteroatoms. The fraction of sp³-hybridized carbons (Fsp3) is 0.579. The lowest BCUT2D eigenvalue weighted by molar-refractivity contribution is -0.0127. The van der Waals surface area contributed by atoms with Gasteiger partial charge in [0.25, 0.3) is 0 Å². The Morgan fingerprint density at radius 2 is 1.54 bits per heavy atom. The standard InChI is InChI=1S/C19H24N2O3/c1-24-17(22)15-2-4-16(5-3-15)20-18(23)21-19-9-12-6-13(10-19)8-14(7-12)11-19/h2-5,12-14H,6-11H2,1H3,(H2,20,21,23). The number of anilines is 1. The molecule has 0 aliphatic heterocycles. The Bertz CT molecular complexity index is 618. The topological polar surface area (TPSA) is 67.4 Å². The van der Waals surface area contributed by atoms with Crippen molar-refractivity contribution < 1.29 is 14.3 Å². The molecule has 24 heavy (non-hydrogen) atoms. The summed E-state index contributed by atoms with van der Waals surface area (Å²) in [4.78, 5) is 23.9. The summed E-state index contributed by atoms with van der Waals surface area (Å²) < 4.78 is 4.68. The molecule has 0 aromatic heterocycles. The summed E-state index contributed by atoms with van der Waals surface area (Å²) in [7, 11) is 1.35. The van der Waals surface area contributed by atoms with Gasteiger partial charge in [0.2, 0.25) is 0 Å². The molecular weight excluding hydrogens is 304 g/mol. The molecule has 1 aromatic rings. The molecule has 0 saturated heterocycles. The lowest BCUT2D eigenvalue weighted by Gasteiger charge is -2.56. The van der Waals surface area contributed by atoms with Gasteiger partial charge in [-0.2, -0.15) is 0 Å². The van der Waals surface area contributed by atoms with Gasteiger partial charge in [0.15, 0.2) is 0 Å². The first-order valence-corrected chi connectivity index (χ1v) is 8.83. The Labute approximate surface area is 142 Å². The van der Waals surface area contributed by atoms with Crippen molar-refractivity contribution in [2.75, 3.05) is 12.4 Å². The number of hydrogen-bond donors (Lipinski definition) is 2. The normalized spacial score (nSPS) is 33.1. The molecule has 5 nitrogen and oxygen atoms in total. The van der Waals surface area contributed by atoms with Gasteiger partial charge in [-0.1, -0.05) is 0 Å². The van der Waals surface area contributed by atoms with Crippen LogP contribution in [0.15, 0.2) is 24.3 Å². The maximum Gasteiger partial charge on any atom is 0.337 e. The van der Waals surface area contributed by atoms with Gasteiger partial charge < -0.3 is 15.4 Å². The second kappa shape index (κ2) is 5.80. The summed E-state index contributed by atoms with van der Waals surface area (Å²) in [6, 6.07) is 6.64. The number of rotatable bonds is 3. The maximum atomic E-state index is 12.5. The van der Waals surface area contributed by atoms with Crippen LogP contribution in [0.3, 0.4) is 0 Å². The largest absolute Gasteiger partial charge is 0.465 e. The van der Waals surface area contributed by atoms with E-state index >= 15 is 0 Å². The van der Waals surface area contributed by atoms with E-state index in [2.05, 4.69) is 15.4 Å². The van der Waals surface area contributed by atoms with E-state index in [1.54, 1.807) is 24.3 Å². The van der Waals surface area contributed by atoms with Gasteiger partial charge in [0.05, 0.1) is 12.7 Å². The minimum Gasteiger partial charge on any atom is -0.465 e. The smallest absolute Gasteiger partial charge is 0.337 e. The molecule has 0 heterocycles. The molecule has 4 bridgehead atoms. The van der Waals surface area contributed by atoms with Gasteiger partial charge in [-0.05, 0) is 80.5 Å². The van der Waals surface area contributed by atoms with Crippen molar-refractivity contribution in [3.8, 4) is 0 Å². The number of methoxy groups -OCH3 is 1. The summed E-state index contributed by atoms with van der Waals surface area (Å²) in [5.41, 5.74) is 1.17. The van der Waals surface area contributed by atoms with Crippen molar-refractivity contribution in [2.45, 2.75) is 44.1 Å². The number of nitrogens with one attached hydrogen (secondary N) is 2. The second-order valence-electron chi connectivity index (χ2n) is 7.85. The van der Waals surface area contributed by atoms with Gasteiger partial charge in [0.1, 0.15) is 0 Å². The van der Waals surface area contributed by atoms with Crippen LogP contribution < -0.4 is 10.6 Å². The SMILES string of the molecule is COC(=O)c1ccc(NC(=O)NC23CC4CC(CC(C4)C2)C3)cc1. The Morgan fingerprint density at radius 3 is 2.04 bits per heavy atom. The van der Waals surface area contributed by atoms with E-state index in [0.29, 0.717) is 11.3 Å². The number of carbonyl (C=O) groups is 2. The van der Waals surface area contributed by atoms with Gasteiger partial charge in [-0.15, -0.1) is 0 Å². The van der Waals surface area contributed by atoms with Crippen LogP contribution in [0.2, 0.25) is 0 Å².